The van der Waals surface area contributed by atoms with Gasteiger partial charge in [0.05, 0.1) is 11.6 Å². The first-order valence-electron chi connectivity index (χ1n) is 9.98. The van der Waals surface area contributed by atoms with Crippen LogP contribution in [0.4, 0.5) is 5.69 Å². The molecule has 1 aromatic heterocycles. The van der Waals surface area contributed by atoms with Gasteiger partial charge in [0.25, 0.3) is 11.7 Å². The van der Waals surface area contributed by atoms with Crippen molar-refractivity contribution in [2.24, 2.45) is 0 Å². The number of benzene rings is 2. The lowest BCUT2D eigenvalue weighted by Gasteiger charge is -2.26. The van der Waals surface area contributed by atoms with Crippen molar-refractivity contribution in [2.45, 2.75) is 25.8 Å². The van der Waals surface area contributed by atoms with Crippen LogP contribution in [0.15, 0.2) is 78.6 Å². The fourth-order valence-corrected chi connectivity index (χ4v) is 3.76. The van der Waals surface area contributed by atoms with Crippen LogP contribution in [0.25, 0.3) is 5.76 Å². The number of carbonyl (C=O) groups excluding carboxylic acids is 2. The van der Waals surface area contributed by atoms with Gasteiger partial charge in [-0.05, 0) is 53.4 Å². The lowest BCUT2D eigenvalue weighted by molar-refractivity contribution is -0.132. The maximum absolute atomic E-state index is 13.1. The number of hydrogen-bond acceptors (Lipinski definition) is 5. The molecule has 0 saturated carbocycles. The Hall–Kier alpha value is -3.93. The summed E-state index contributed by atoms with van der Waals surface area (Å²) >= 11 is 0. The number of rotatable bonds is 4. The van der Waals surface area contributed by atoms with Crippen molar-refractivity contribution in [3.05, 3.63) is 95.3 Å². The standard InChI is InChI=1S/C25H22N2O4/c1-15(2)16-3-7-19(8-4-16)27-22(17-5-9-20(28)10-6-17)21(24(30)25(27)31)23(29)18-11-13-26-14-12-18/h3-15,22,28-29H,1-2H3/b23-21+. The van der Waals surface area contributed by atoms with Gasteiger partial charge in [-0.3, -0.25) is 19.5 Å². The molecule has 0 bridgehead atoms. The number of anilines is 1. The summed E-state index contributed by atoms with van der Waals surface area (Å²) in [6.07, 6.45) is 3.01. The third-order valence-electron chi connectivity index (χ3n) is 5.44. The summed E-state index contributed by atoms with van der Waals surface area (Å²) in [5.41, 5.74) is 2.65. The maximum Gasteiger partial charge on any atom is 0.300 e. The molecule has 1 aliphatic rings. The van der Waals surface area contributed by atoms with Crippen LogP contribution in [-0.4, -0.2) is 26.9 Å². The van der Waals surface area contributed by atoms with Crippen LogP contribution >= 0.6 is 0 Å². The third-order valence-corrected chi connectivity index (χ3v) is 5.44. The molecule has 0 spiro atoms. The second kappa shape index (κ2) is 8.07. The van der Waals surface area contributed by atoms with E-state index in [-0.39, 0.29) is 17.1 Å². The minimum Gasteiger partial charge on any atom is -0.508 e. The summed E-state index contributed by atoms with van der Waals surface area (Å²) in [7, 11) is 0. The first-order valence-corrected chi connectivity index (χ1v) is 9.98. The highest BCUT2D eigenvalue weighted by Crippen LogP contribution is 2.42. The summed E-state index contributed by atoms with van der Waals surface area (Å²) < 4.78 is 0. The molecule has 1 amide bonds. The Kier molecular flexibility index (Phi) is 5.29. The number of hydrogen-bond donors (Lipinski definition) is 2. The van der Waals surface area contributed by atoms with E-state index in [4.69, 9.17) is 0 Å². The van der Waals surface area contributed by atoms with Crippen molar-refractivity contribution in [3.63, 3.8) is 0 Å². The highest BCUT2D eigenvalue weighted by molar-refractivity contribution is 6.51. The fourth-order valence-electron chi connectivity index (χ4n) is 3.76. The Labute approximate surface area is 180 Å². The molecule has 3 aromatic rings. The van der Waals surface area contributed by atoms with Crippen LogP contribution in [-0.2, 0) is 9.59 Å². The number of aliphatic hydroxyl groups excluding tert-OH is 1. The van der Waals surface area contributed by atoms with E-state index in [1.807, 2.05) is 12.1 Å². The normalized spacial score (nSPS) is 18.0. The van der Waals surface area contributed by atoms with E-state index in [9.17, 15) is 19.8 Å². The first kappa shape index (κ1) is 20.3. The Morgan fingerprint density at radius 2 is 1.55 bits per heavy atom. The van der Waals surface area contributed by atoms with E-state index in [2.05, 4.69) is 18.8 Å². The zero-order valence-corrected chi connectivity index (χ0v) is 17.2. The van der Waals surface area contributed by atoms with E-state index in [1.165, 1.54) is 29.4 Å². The highest BCUT2D eigenvalue weighted by atomic mass is 16.3. The second-order valence-electron chi connectivity index (χ2n) is 7.74. The molecule has 1 aliphatic heterocycles. The van der Waals surface area contributed by atoms with Crippen LogP contribution in [0.2, 0.25) is 0 Å². The monoisotopic (exact) mass is 414 g/mol. The number of aromatic hydroxyl groups is 1. The summed E-state index contributed by atoms with van der Waals surface area (Å²) in [4.78, 5) is 31.5. The molecular weight excluding hydrogens is 392 g/mol. The van der Waals surface area contributed by atoms with E-state index in [0.29, 0.717) is 22.7 Å². The Balaban J connectivity index is 1.90. The molecule has 6 nitrogen and oxygen atoms in total. The molecule has 4 rings (SSSR count). The molecular formula is C25H22N2O4. The summed E-state index contributed by atoms with van der Waals surface area (Å²) in [6.45, 7) is 4.15. The van der Waals surface area contributed by atoms with E-state index < -0.39 is 17.7 Å². The summed E-state index contributed by atoms with van der Waals surface area (Å²) in [5, 5.41) is 20.7. The molecule has 1 saturated heterocycles. The van der Waals surface area contributed by atoms with Crippen molar-refractivity contribution < 1.29 is 19.8 Å². The highest BCUT2D eigenvalue weighted by Gasteiger charge is 2.46. The van der Waals surface area contributed by atoms with Gasteiger partial charge in [0.15, 0.2) is 0 Å². The van der Waals surface area contributed by atoms with Crippen LogP contribution in [0.1, 0.15) is 42.5 Å². The Bertz CT molecular complexity index is 1150. The molecule has 2 heterocycles. The van der Waals surface area contributed by atoms with Gasteiger partial charge in [-0.15, -0.1) is 0 Å². The van der Waals surface area contributed by atoms with Crippen molar-refractivity contribution in [3.8, 4) is 5.75 Å². The molecule has 6 heteroatoms. The van der Waals surface area contributed by atoms with Crippen LogP contribution < -0.4 is 4.90 Å². The Morgan fingerprint density at radius 1 is 0.935 bits per heavy atom. The number of phenols is 1. The van der Waals surface area contributed by atoms with Crippen molar-refractivity contribution >= 4 is 23.1 Å². The molecule has 2 aromatic carbocycles. The Morgan fingerprint density at radius 3 is 2.13 bits per heavy atom. The number of phenolic OH excluding ortho intramolecular Hbond substituents is 1. The van der Waals surface area contributed by atoms with Gasteiger partial charge in [0.2, 0.25) is 0 Å². The van der Waals surface area contributed by atoms with Crippen molar-refractivity contribution in [1.82, 2.24) is 4.98 Å². The number of amides is 1. The number of pyridine rings is 1. The van der Waals surface area contributed by atoms with E-state index in [1.54, 1.807) is 36.4 Å². The molecule has 31 heavy (non-hydrogen) atoms. The summed E-state index contributed by atoms with van der Waals surface area (Å²) in [5.74, 6) is -1.36. The largest absolute Gasteiger partial charge is 0.508 e. The zero-order chi connectivity index (χ0) is 22.1. The van der Waals surface area contributed by atoms with Crippen molar-refractivity contribution in [2.75, 3.05) is 4.90 Å². The number of Topliss-reactive ketones (excluding diaryl/α,β-unsaturated/α-hetero) is 1. The molecule has 0 aliphatic carbocycles. The SMILES string of the molecule is CC(C)c1ccc(N2C(=O)C(=O)/C(=C(/O)c3ccncc3)C2c2ccc(O)cc2)cc1. The topological polar surface area (TPSA) is 90.7 Å². The number of carbonyl (C=O) groups is 2. The van der Waals surface area contributed by atoms with Gasteiger partial charge in [-0.25, -0.2) is 0 Å². The van der Waals surface area contributed by atoms with Crippen LogP contribution in [0.3, 0.4) is 0 Å². The average molecular weight is 414 g/mol. The smallest absolute Gasteiger partial charge is 0.300 e. The lowest BCUT2D eigenvalue weighted by Crippen LogP contribution is -2.29. The second-order valence-corrected chi connectivity index (χ2v) is 7.74. The van der Waals surface area contributed by atoms with Gasteiger partial charge in [0, 0.05) is 23.6 Å². The van der Waals surface area contributed by atoms with E-state index in [0.717, 1.165) is 5.56 Å². The summed E-state index contributed by atoms with van der Waals surface area (Å²) in [6, 6.07) is 16.0. The molecule has 1 fully saturated rings. The fraction of sp³-hybridized carbons (Fsp3) is 0.160. The number of nitrogens with zero attached hydrogens (tertiary/aromatic N) is 2. The van der Waals surface area contributed by atoms with Crippen LogP contribution in [0, 0.1) is 0 Å². The molecule has 1 atom stereocenters. The predicted molar refractivity (Wildman–Crippen MR) is 118 cm³/mol. The zero-order valence-electron chi connectivity index (χ0n) is 17.2. The van der Waals surface area contributed by atoms with Crippen LogP contribution in [0.5, 0.6) is 5.75 Å². The lowest BCUT2D eigenvalue weighted by atomic mass is 9.95. The number of aliphatic hydroxyl groups is 1. The molecule has 1 unspecified atom stereocenters. The van der Waals surface area contributed by atoms with Gasteiger partial charge in [-0.1, -0.05) is 38.1 Å². The van der Waals surface area contributed by atoms with Gasteiger partial charge in [-0.2, -0.15) is 0 Å². The molecule has 0 radical (unpaired) electrons. The van der Waals surface area contributed by atoms with Gasteiger partial charge >= 0.3 is 0 Å². The maximum atomic E-state index is 13.1. The molecule has 2 N–H and O–H groups in total. The van der Waals surface area contributed by atoms with E-state index >= 15 is 0 Å². The van der Waals surface area contributed by atoms with Gasteiger partial charge in [0.1, 0.15) is 11.5 Å². The van der Waals surface area contributed by atoms with Gasteiger partial charge < -0.3 is 10.2 Å². The predicted octanol–water partition coefficient (Wildman–Crippen LogP) is 4.54. The minimum absolute atomic E-state index is 0.00479. The number of aromatic nitrogens is 1. The first-order chi connectivity index (χ1) is 14.9. The average Bonchev–Trinajstić information content (AvgIpc) is 3.05. The van der Waals surface area contributed by atoms with Crippen molar-refractivity contribution in [1.29, 1.82) is 0 Å². The minimum atomic E-state index is -0.835. The molecule has 156 valence electrons. The third kappa shape index (κ3) is 3.68. The number of ketones is 1. The quantitative estimate of drug-likeness (QED) is 0.372.